The molecule has 0 aliphatic heterocycles. The normalized spacial score (nSPS) is 50.6. The van der Waals surface area contributed by atoms with Crippen molar-refractivity contribution in [3.8, 4) is 0 Å². The summed E-state index contributed by atoms with van der Waals surface area (Å²) in [4.78, 5) is 0. The molecule has 4 aliphatic rings. The van der Waals surface area contributed by atoms with Gasteiger partial charge in [0.1, 0.15) is 0 Å². The second kappa shape index (κ2) is 8.94. The molecule has 0 aromatic heterocycles. The van der Waals surface area contributed by atoms with Crippen LogP contribution in [0.1, 0.15) is 112 Å². The lowest BCUT2D eigenvalue weighted by Gasteiger charge is -2.64. The third-order valence-corrected chi connectivity index (χ3v) is 11.7. The molecule has 0 amide bonds. The van der Waals surface area contributed by atoms with E-state index in [4.69, 9.17) is 0 Å². The predicted octanol–water partition coefficient (Wildman–Crippen LogP) is 7.08. The van der Waals surface area contributed by atoms with Crippen molar-refractivity contribution in [1.82, 2.24) is 0 Å². The number of hydrogen-bond acceptors (Lipinski definition) is 2. The zero-order valence-electron chi connectivity index (χ0n) is 21.4. The molecule has 180 valence electrons. The van der Waals surface area contributed by atoms with E-state index in [1.54, 1.807) is 0 Å². The molecule has 0 radical (unpaired) electrons. The average Bonchev–Trinajstić information content (AvgIpc) is 3.06. The third-order valence-electron chi connectivity index (χ3n) is 11.7. The van der Waals surface area contributed by atoms with Gasteiger partial charge in [0.15, 0.2) is 0 Å². The highest BCUT2D eigenvalue weighted by molar-refractivity contribution is 5.12. The van der Waals surface area contributed by atoms with Crippen LogP contribution in [-0.4, -0.2) is 22.4 Å². The van der Waals surface area contributed by atoms with Crippen LogP contribution in [0.5, 0.6) is 0 Å². The first kappa shape index (κ1) is 24.1. The van der Waals surface area contributed by atoms with Gasteiger partial charge in [-0.05, 0) is 103 Å². The fourth-order valence-electron chi connectivity index (χ4n) is 10.2. The van der Waals surface area contributed by atoms with Crippen LogP contribution in [-0.2, 0) is 0 Å². The summed E-state index contributed by atoms with van der Waals surface area (Å²) < 4.78 is 0. The topological polar surface area (TPSA) is 40.5 Å². The van der Waals surface area contributed by atoms with E-state index in [1.807, 2.05) is 0 Å². The van der Waals surface area contributed by atoms with E-state index in [1.165, 1.54) is 57.8 Å². The Balaban J connectivity index is 1.53. The van der Waals surface area contributed by atoms with Crippen LogP contribution in [0.25, 0.3) is 0 Å². The minimum atomic E-state index is -0.518. The standard InChI is InChI=1S/C29H52O2/c1-7-22-27(31)26(30)17-20-11-12-21-24-14-13-23(19(4)10-8-9-18(2)3)28(24,5)16-15-25(21)29(20,22)6/h18-27,30-31H,7-17H2,1-6H3/t19?,20?,21-,22-,23+,24-,25-,26+,27-,28+,29+/m0/s1. The van der Waals surface area contributed by atoms with Gasteiger partial charge in [-0.1, -0.05) is 67.2 Å². The molecule has 0 heterocycles. The Morgan fingerprint density at radius 3 is 2.32 bits per heavy atom. The zero-order chi connectivity index (χ0) is 22.6. The molecular weight excluding hydrogens is 380 g/mol. The highest BCUT2D eigenvalue weighted by Gasteiger charge is 2.63. The number of hydrogen-bond donors (Lipinski definition) is 2. The lowest BCUT2D eigenvalue weighted by molar-refractivity contribution is -0.198. The van der Waals surface area contributed by atoms with Crippen LogP contribution < -0.4 is 0 Å². The van der Waals surface area contributed by atoms with Gasteiger partial charge in [0.05, 0.1) is 12.2 Å². The first-order valence-electron chi connectivity index (χ1n) is 14.0. The smallest absolute Gasteiger partial charge is 0.0832 e. The SMILES string of the molecule is CC[C@H]1[C@H](O)[C@H](O)CC2CC[C@H]3[C@@H]4CC[C@H](C(C)CCCC(C)C)[C@@]4(C)CC[C@@H]3[C@]21C. The summed E-state index contributed by atoms with van der Waals surface area (Å²) in [5.74, 6) is 5.99. The lowest BCUT2D eigenvalue weighted by atomic mass is 9.41. The summed E-state index contributed by atoms with van der Waals surface area (Å²) in [6.07, 6.45) is 13.3. The number of fused-ring (bicyclic) bond motifs is 5. The first-order valence-corrected chi connectivity index (χ1v) is 14.0. The minimum absolute atomic E-state index is 0.221. The molecule has 2 nitrogen and oxygen atoms in total. The molecule has 2 unspecified atom stereocenters. The average molecular weight is 433 g/mol. The van der Waals surface area contributed by atoms with E-state index < -0.39 is 12.2 Å². The first-order chi connectivity index (χ1) is 14.6. The van der Waals surface area contributed by atoms with Crippen molar-refractivity contribution in [3.63, 3.8) is 0 Å². The molecule has 4 fully saturated rings. The fraction of sp³-hybridized carbons (Fsp3) is 1.00. The molecule has 0 spiro atoms. The molecule has 11 atom stereocenters. The van der Waals surface area contributed by atoms with Gasteiger partial charge in [0.25, 0.3) is 0 Å². The molecule has 0 saturated heterocycles. The monoisotopic (exact) mass is 432 g/mol. The number of aliphatic hydroxyl groups excluding tert-OH is 2. The highest BCUT2D eigenvalue weighted by Crippen LogP contribution is 2.69. The van der Waals surface area contributed by atoms with Crippen molar-refractivity contribution >= 4 is 0 Å². The van der Waals surface area contributed by atoms with E-state index in [9.17, 15) is 10.2 Å². The minimum Gasteiger partial charge on any atom is -0.390 e. The maximum absolute atomic E-state index is 11.0. The second-order valence-electron chi connectivity index (χ2n) is 13.4. The second-order valence-corrected chi connectivity index (χ2v) is 13.4. The van der Waals surface area contributed by atoms with E-state index in [0.717, 1.165) is 48.3 Å². The summed E-state index contributed by atoms with van der Waals surface area (Å²) in [6.45, 7) is 14.7. The Morgan fingerprint density at radius 1 is 0.903 bits per heavy atom. The molecule has 2 N–H and O–H groups in total. The quantitative estimate of drug-likeness (QED) is 0.471. The highest BCUT2D eigenvalue weighted by atomic mass is 16.3. The molecule has 0 aromatic carbocycles. The van der Waals surface area contributed by atoms with Crippen molar-refractivity contribution in [2.75, 3.05) is 0 Å². The fourth-order valence-corrected chi connectivity index (χ4v) is 10.2. The Bertz CT molecular complexity index is 616. The Labute approximate surface area is 193 Å². The summed E-state index contributed by atoms with van der Waals surface area (Å²) in [6, 6.07) is 0. The Hall–Kier alpha value is -0.0800. The van der Waals surface area contributed by atoms with Crippen molar-refractivity contribution < 1.29 is 10.2 Å². The van der Waals surface area contributed by atoms with Gasteiger partial charge in [0, 0.05) is 0 Å². The van der Waals surface area contributed by atoms with Crippen molar-refractivity contribution in [2.24, 2.45) is 58.2 Å². The van der Waals surface area contributed by atoms with Gasteiger partial charge in [-0.15, -0.1) is 0 Å². The Morgan fingerprint density at radius 2 is 1.65 bits per heavy atom. The van der Waals surface area contributed by atoms with Crippen molar-refractivity contribution in [2.45, 2.75) is 124 Å². The molecule has 4 saturated carbocycles. The lowest BCUT2D eigenvalue weighted by Crippen LogP contribution is -2.61. The van der Waals surface area contributed by atoms with Crippen LogP contribution in [0, 0.1) is 58.2 Å². The van der Waals surface area contributed by atoms with Crippen molar-refractivity contribution in [3.05, 3.63) is 0 Å². The van der Waals surface area contributed by atoms with Crippen LogP contribution in [0.2, 0.25) is 0 Å². The van der Waals surface area contributed by atoms with Crippen LogP contribution in [0.3, 0.4) is 0 Å². The van der Waals surface area contributed by atoms with Gasteiger partial charge < -0.3 is 10.2 Å². The zero-order valence-corrected chi connectivity index (χ0v) is 21.4. The van der Waals surface area contributed by atoms with E-state index in [2.05, 4.69) is 41.5 Å². The van der Waals surface area contributed by atoms with Gasteiger partial charge in [-0.2, -0.15) is 0 Å². The maximum atomic E-state index is 11.0. The van der Waals surface area contributed by atoms with E-state index in [0.29, 0.717) is 11.3 Å². The molecule has 4 aliphatic carbocycles. The largest absolute Gasteiger partial charge is 0.390 e. The maximum Gasteiger partial charge on any atom is 0.0832 e. The van der Waals surface area contributed by atoms with Gasteiger partial charge in [-0.3, -0.25) is 0 Å². The van der Waals surface area contributed by atoms with E-state index >= 15 is 0 Å². The van der Waals surface area contributed by atoms with Gasteiger partial charge in [0.2, 0.25) is 0 Å². The van der Waals surface area contributed by atoms with Crippen LogP contribution in [0.15, 0.2) is 0 Å². The molecule has 31 heavy (non-hydrogen) atoms. The van der Waals surface area contributed by atoms with Gasteiger partial charge >= 0.3 is 0 Å². The summed E-state index contributed by atoms with van der Waals surface area (Å²) in [7, 11) is 0. The predicted molar refractivity (Wildman–Crippen MR) is 130 cm³/mol. The Kier molecular flexibility index (Phi) is 6.93. The summed E-state index contributed by atoms with van der Waals surface area (Å²) in [5, 5.41) is 21.5. The summed E-state index contributed by atoms with van der Waals surface area (Å²) >= 11 is 0. The van der Waals surface area contributed by atoms with Gasteiger partial charge in [-0.25, -0.2) is 0 Å². The number of rotatable bonds is 6. The number of aliphatic hydroxyl groups is 2. The van der Waals surface area contributed by atoms with Crippen LogP contribution >= 0.6 is 0 Å². The molecule has 4 rings (SSSR count). The molecule has 2 heteroatoms. The van der Waals surface area contributed by atoms with Crippen molar-refractivity contribution in [1.29, 1.82) is 0 Å². The molecular formula is C29H52O2. The van der Waals surface area contributed by atoms with Crippen LogP contribution in [0.4, 0.5) is 0 Å². The third kappa shape index (κ3) is 3.84. The summed E-state index contributed by atoms with van der Waals surface area (Å²) in [5.41, 5.74) is 0.759. The molecule has 0 aromatic rings. The molecule has 0 bridgehead atoms. The van der Waals surface area contributed by atoms with E-state index in [-0.39, 0.29) is 11.3 Å².